The molecule has 0 fully saturated rings. The van der Waals surface area contributed by atoms with Gasteiger partial charge in [0.25, 0.3) is 5.91 Å². The Labute approximate surface area is 225 Å². The van der Waals surface area contributed by atoms with E-state index in [0.717, 1.165) is 15.4 Å². The number of amides is 1. The normalized spacial score (nSPS) is 12.2. The van der Waals surface area contributed by atoms with Crippen molar-refractivity contribution in [3.05, 3.63) is 95.8 Å². The molecule has 1 heterocycles. The molecule has 4 aromatic rings. The fraction of sp³-hybridized carbons (Fsp3) is 0.138. The number of nitrogens with zero attached hydrogens (tertiary/aromatic N) is 2. The summed E-state index contributed by atoms with van der Waals surface area (Å²) in [6.07, 6.45) is 0. The Morgan fingerprint density at radius 3 is 2.18 bits per heavy atom. The number of carboxylic acid groups (broad SMARTS) is 1. The van der Waals surface area contributed by atoms with E-state index in [1.165, 1.54) is 26.1 Å². The molecule has 1 atom stereocenters. The van der Waals surface area contributed by atoms with Crippen molar-refractivity contribution < 1.29 is 27.5 Å². The van der Waals surface area contributed by atoms with Gasteiger partial charge in [0.1, 0.15) is 11.6 Å². The summed E-state index contributed by atoms with van der Waals surface area (Å²) in [6.45, 7) is 6.78. The van der Waals surface area contributed by atoms with E-state index in [0.29, 0.717) is 27.8 Å². The van der Waals surface area contributed by atoms with Crippen LogP contribution in [0.25, 0.3) is 22.1 Å². The third kappa shape index (κ3) is 5.18. The molecule has 0 radical (unpaired) electrons. The quantitative estimate of drug-likeness (QED) is 0.292. The molecule has 0 aliphatic carbocycles. The predicted octanol–water partition coefficient (Wildman–Crippen LogP) is 5.18. The highest BCUT2D eigenvalue weighted by Gasteiger charge is 2.33. The third-order valence-corrected chi connectivity index (χ3v) is 8.19. The van der Waals surface area contributed by atoms with E-state index in [4.69, 9.17) is 4.42 Å². The minimum Gasteiger partial charge on any atom is -0.480 e. The lowest BCUT2D eigenvalue weighted by atomic mass is 10.1. The smallest absolute Gasteiger partial charge is 0.326 e. The minimum atomic E-state index is -4.07. The van der Waals surface area contributed by atoms with E-state index in [9.17, 15) is 28.4 Å². The molecular formula is C29H25N3O6S. The van der Waals surface area contributed by atoms with Crippen LogP contribution in [0.2, 0.25) is 0 Å². The number of aryl methyl sites for hydroxylation is 1. The largest absolute Gasteiger partial charge is 0.480 e. The van der Waals surface area contributed by atoms with E-state index in [-0.39, 0.29) is 16.2 Å². The first-order valence-corrected chi connectivity index (χ1v) is 13.2. The first-order valence-electron chi connectivity index (χ1n) is 11.8. The van der Waals surface area contributed by atoms with Crippen LogP contribution in [-0.2, 0) is 14.8 Å². The van der Waals surface area contributed by atoms with E-state index in [2.05, 4.69) is 18.0 Å². The maximum atomic E-state index is 13.0. The molecular weight excluding hydrogens is 518 g/mol. The zero-order chi connectivity index (χ0) is 28.5. The zero-order valence-corrected chi connectivity index (χ0v) is 22.2. The van der Waals surface area contributed by atoms with Crippen LogP contribution < -0.4 is 5.32 Å². The van der Waals surface area contributed by atoms with E-state index >= 15 is 0 Å². The number of furan rings is 1. The van der Waals surface area contributed by atoms with Gasteiger partial charge in [0.05, 0.1) is 16.5 Å². The number of sulfonamides is 1. The number of fused-ring (bicyclic) bond motifs is 1. The number of aliphatic carboxylic acids is 1. The molecule has 9 nitrogen and oxygen atoms in total. The highest BCUT2D eigenvalue weighted by atomic mass is 32.2. The Bertz CT molecular complexity index is 1730. The van der Waals surface area contributed by atoms with E-state index < -0.39 is 27.9 Å². The lowest BCUT2D eigenvalue weighted by Crippen LogP contribution is -2.42. The average Bonchev–Trinajstić information content (AvgIpc) is 3.25. The van der Waals surface area contributed by atoms with Crippen LogP contribution in [0.3, 0.4) is 0 Å². The highest BCUT2D eigenvalue weighted by Crippen LogP contribution is 2.29. The summed E-state index contributed by atoms with van der Waals surface area (Å²) in [6, 6.07) is 18.8. The number of likely N-dealkylation sites (N-methyl/N-ethyl adjacent to an activating group) is 1. The van der Waals surface area contributed by atoms with Gasteiger partial charge in [0.2, 0.25) is 10.0 Å². The van der Waals surface area contributed by atoms with Crippen molar-refractivity contribution in [2.45, 2.75) is 24.8 Å². The molecule has 0 spiro atoms. The maximum Gasteiger partial charge on any atom is 0.326 e. The number of hydrogen-bond donors (Lipinski definition) is 2. The second-order valence-electron chi connectivity index (χ2n) is 9.01. The molecule has 2 N–H and O–H groups in total. The van der Waals surface area contributed by atoms with Gasteiger partial charge < -0.3 is 14.8 Å². The minimum absolute atomic E-state index is 0.0501. The van der Waals surface area contributed by atoms with Gasteiger partial charge in [-0.3, -0.25) is 9.59 Å². The van der Waals surface area contributed by atoms with Crippen molar-refractivity contribution in [2.75, 3.05) is 12.4 Å². The van der Waals surface area contributed by atoms with Crippen LogP contribution in [-0.4, -0.2) is 42.8 Å². The number of carbonyl (C=O) groups is 2. The van der Waals surface area contributed by atoms with Gasteiger partial charge in [0, 0.05) is 23.7 Å². The number of benzene rings is 3. The molecule has 10 heteroatoms. The summed E-state index contributed by atoms with van der Waals surface area (Å²) >= 11 is 0. The third-order valence-electron chi connectivity index (χ3n) is 6.35. The van der Waals surface area contributed by atoms with Crippen LogP contribution in [0.15, 0.2) is 88.2 Å². The molecule has 0 bridgehead atoms. The van der Waals surface area contributed by atoms with E-state index in [1.54, 1.807) is 61.5 Å². The van der Waals surface area contributed by atoms with Crippen molar-refractivity contribution in [2.24, 2.45) is 0 Å². The average molecular weight is 544 g/mol. The standard InChI is InChI=1S/C29H25N3O6S/c1-17(2)26(29(34)35)32(4)39(36,37)23-14-10-20(11-15-23)19-8-12-22(13-9-19)31-28(33)27-18(3)25-21(16-30)6-5-7-24(25)38-27/h5-15,26H,1H2,2-4H3,(H,31,33)(H,34,35)/t26-/m0/s1. The Morgan fingerprint density at radius 2 is 1.64 bits per heavy atom. The number of carboxylic acids is 1. The summed E-state index contributed by atoms with van der Waals surface area (Å²) in [7, 11) is -2.87. The monoisotopic (exact) mass is 543 g/mol. The molecule has 0 aliphatic heterocycles. The first kappa shape index (κ1) is 27.3. The van der Waals surface area contributed by atoms with E-state index in [1.807, 2.05) is 0 Å². The van der Waals surface area contributed by atoms with Crippen molar-refractivity contribution in [3.8, 4) is 17.2 Å². The van der Waals surface area contributed by atoms with Gasteiger partial charge in [-0.2, -0.15) is 9.57 Å². The fourth-order valence-corrected chi connectivity index (χ4v) is 5.71. The zero-order valence-electron chi connectivity index (χ0n) is 21.4. The number of anilines is 1. The van der Waals surface area contributed by atoms with Crippen LogP contribution in [0.5, 0.6) is 0 Å². The lowest BCUT2D eigenvalue weighted by Gasteiger charge is -2.24. The lowest BCUT2D eigenvalue weighted by molar-refractivity contribution is -0.139. The number of nitrogens with one attached hydrogen (secondary N) is 1. The van der Waals surface area contributed by atoms with Gasteiger partial charge in [-0.1, -0.05) is 42.5 Å². The van der Waals surface area contributed by atoms with Crippen molar-refractivity contribution >= 4 is 38.6 Å². The molecule has 0 saturated heterocycles. The summed E-state index contributed by atoms with van der Waals surface area (Å²) in [5.74, 6) is -1.64. The van der Waals surface area contributed by atoms with Crippen LogP contribution in [0.4, 0.5) is 5.69 Å². The van der Waals surface area contributed by atoms with Crippen molar-refractivity contribution in [3.63, 3.8) is 0 Å². The Kier molecular flexibility index (Phi) is 7.40. The van der Waals surface area contributed by atoms with Crippen LogP contribution in [0.1, 0.15) is 28.6 Å². The van der Waals surface area contributed by atoms with Crippen molar-refractivity contribution in [1.82, 2.24) is 4.31 Å². The molecule has 1 aromatic heterocycles. The molecule has 39 heavy (non-hydrogen) atoms. The Balaban J connectivity index is 1.51. The molecule has 3 aromatic carbocycles. The molecule has 1 amide bonds. The fourth-order valence-electron chi connectivity index (χ4n) is 4.35. The van der Waals surface area contributed by atoms with Crippen LogP contribution in [0, 0.1) is 18.3 Å². The maximum absolute atomic E-state index is 13.0. The summed E-state index contributed by atoms with van der Waals surface area (Å²) in [5.41, 5.74) is 3.68. The van der Waals surface area contributed by atoms with Gasteiger partial charge >= 0.3 is 5.97 Å². The van der Waals surface area contributed by atoms with Gasteiger partial charge in [0.15, 0.2) is 5.76 Å². The topological polar surface area (TPSA) is 141 Å². The SMILES string of the molecule is C=C(C)[C@@H](C(=O)O)N(C)S(=O)(=O)c1ccc(-c2ccc(NC(=O)c3oc4cccc(C#N)c4c3C)cc2)cc1. The number of rotatable bonds is 8. The summed E-state index contributed by atoms with van der Waals surface area (Å²) in [5, 5.41) is 22.2. The first-order chi connectivity index (χ1) is 18.4. The molecule has 4 rings (SSSR count). The van der Waals surface area contributed by atoms with Gasteiger partial charge in [-0.25, -0.2) is 8.42 Å². The Morgan fingerprint density at radius 1 is 1.05 bits per heavy atom. The molecule has 0 saturated carbocycles. The molecule has 0 unspecified atom stereocenters. The number of hydrogen-bond acceptors (Lipinski definition) is 6. The number of nitriles is 1. The van der Waals surface area contributed by atoms with Gasteiger partial charge in [-0.15, -0.1) is 0 Å². The number of carbonyl (C=O) groups excluding carboxylic acids is 1. The predicted molar refractivity (Wildman–Crippen MR) is 147 cm³/mol. The highest BCUT2D eigenvalue weighted by molar-refractivity contribution is 7.89. The summed E-state index contributed by atoms with van der Waals surface area (Å²) < 4.78 is 32.4. The van der Waals surface area contributed by atoms with Crippen LogP contribution >= 0.6 is 0 Å². The van der Waals surface area contributed by atoms with Gasteiger partial charge in [-0.05, 0) is 61.4 Å². The second-order valence-corrected chi connectivity index (χ2v) is 11.0. The molecule has 198 valence electrons. The molecule has 0 aliphatic rings. The summed E-state index contributed by atoms with van der Waals surface area (Å²) in [4.78, 5) is 24.4. The second kappa shape index (κ2) is 10.6. The van der Waals surface area contributed by atoms with Crippen molar-refractivity contribution in [1.29, 1.82) is 5.26 Å². The Hall–Kier alpha value is -4.72.